The number of piperidine rings is 1. The molecule has 0 radical (unpaired) electrons. The van der Waals surface area contributed by atoms with E-state index < -0.39 is 11.9 Å². The largest absolute Gasteiger partial charge is 0.473 e. The Labute approximate surface area is 107 Å². The second-order valence-corrected chi connectivity index (χ2v) is 4.76. The van der Waals surface area contributed by atoms with Gasteiger partial charge in [-0.2, -0.15) is 0 Å². The molecule has 2 heterocycles. The molecule has 6 heteroatoms. The molecule has 2 aliphatic rings. The van der Waals surface area contributed by atoms with E-state index in [-0.39, 0.29) is 0 Å². The Morgan fingerprint density at radius 1 is 1.06 bits per heavy atom. The Morgan fingerprint density at radius 3 is 2.11 bits per heavy atom. The molecule has 3 N–H and O–H groups in total. The summed E-state index contributed by atoms with van der Waals surface area (Å²) >= 11 is 0. The number of likely N-dealkylation sites (tertiary alicyclic amines) is 1. The van der Waals surface area contributed by atoms with Crippen molar-refractivity contribution in [2.24, 2.45) is 0 Å². The van der Waals surface area contributed by atoms with Crippen LogP contribution in [0, 0.1) is 0 Å². The van der Waals surface area contributed by atoms with Crippen molar-refractivity contribution in [1.29, 1.82) is 0 Å². The zero-order chi connectivity index (χ0) is 13.4. The molecule has 2 saturated heterocycles. The van der Waals surface area contributed by atoms with E-state index in [9.17, 15) is 0 Å². The first-order chi connectivity index (χ1) is 8.59. The molecule has 0 bridgehead atoms. The molecule has 1 atom stereocenters. The molecule has 0 aliphatic carbocycles. The zero-order valence-corrected chi connectivity index (χ0v) is 10.6. The van der Waals surface area contributed by atoms with Crippen LogP contribution in [-0.2, 0) is 9.59 Å². The minimum absolute atomic E-state index is 0.808. The summed E-state index contributed by atoms with van der Waals surface area (Å²) in [4.78, 5) is 20.8. The molecule has 0 aromatic rings. The van der Waals surface area contributed by atoms with Crippen molar-refractivity contribution in [3.63, 3.8) is 0 Å². The van der Waals surface area contributed by atoms with Gasteiger partial charge in [0.1, 0.15) is 0 Å². The molecule has 1 unspecified atom stereocenters. The van der Waals surface area contributed by atoms with Gasteiger partial charge in [-0.25, -0.2) is 9.59 Å². The fourth-order valence-electron chi connectivity index (χ4n) is 2.37. The van der Waals surface area contributed by atoms with Gasteiger partial charge in [0.2, 0.25) is 0 Å². The van der Waals surface area contributed by atoms with E-state index in [4.69, 9.17) is 19.8 Å². The molecule has 0 spiro atoms. The molecule has 0 amide bonds. The number of nitrogens with zero attached hydrogens (tertiary/aromatic N) is 1. The maximum Gasteiger partial charge on any atom is 0.414 e. The summed E-state index contributed by atoms with van der Waals surface area (Å²) in [6.07, 6.45) is 7.09. The van der Waals surface area contributed by atoms with Crippen molar-refractivity contribution >= 4 is 11.9 Å². The van der Waals surface area contributed by atoms with E-state index >= 15 is 0 Å². The van der Waals surface area contributed by atoms with Gasteiger partial charge in [-0.3, -0.25) is 0 Å². The number of aliphatic carboxylic acids is 2. The molecular weight excluding hydrogens is 236 g/mol. The van der Waals surface area contributed by atoms with Crippen molar-refractivity contribution in [2.45, 2.75) is 38.1 Å². The van der Waals surface area contributed by atoms with Gasteiger partial charge < -0.3 is 20.4 Å². The second kappa shape index (κ2) is 8.05. The Kier molecular flexibility index (Phi) is 6.67. The number of carbonyl (C=O) groups is 2. The summed E-state index contributed by atoms with van der Waals surface area (Å²) in [5.74, 6) is -3.65. The third kappa shape index (κ3) is 5.97. The highest BCUT2D eigenvalue weighted by molar-refractivity contribution is 6.27. The van der Waals surface area contributed by atoms with Gasteiger partial charge in [-0.15, -0.1) is 0 Å². The Balaban J connectivity index is 0.000000232. The topological polar surface area (TPSA) is 89.9 Å². The van der Waals surface area contributed by atoms with Gasteiger partial charge in [-0.05, 0) is 45.3 Å². The van der Waals surface area contributed by atoms with E-state index in [1.54, 1.807) is 0 Å². The van der Waals surface area contributed by atoms with Crippen molar-refractivity contribution in [3.05, 3.63) is 0 Å². The highest BCUT2D eigenvalue weighted by atomic mass is 16.4. The van der Waals surface area contributed by atoms with Gasteiger partial charge in [0.15, 0.2) is 0 Å². The molecule has 6 nitrogen and oxygen atoms in total. The fraction of sp³-hybridized carbons (Fsp3) is 0.833. The minimum atomic E-state index is -1.82. The van der Waals surface area contributed by atoms with Gasteiger partial charge in [-0.1, -0.05) is 6.42 Å². The van der Waals surface area contributed by atoms with Gasteiger partial charge in [0, 0.05) is 12.6 Å². The smallest absolute Gasteiger partial charge is 0.414 e. The average molecular weight is 258 g/mol. The average Bonchev–Trinajstić information content (AvgIpc) is 2.84. The van der Waals surface area contributed by atoms with Crippen molar-refractivity contribution < 1.29 is 19.8 Å². The molecule has 2 fully saturated rings. The normalized spacial score (nSPS) is 24.1. The maximum absolute atomic E-state index is 9.10. The standard InChI is InChI=1S/C10H20N2.C2H2O4/c1-2-7-12(8-3-1)9-10-5-4-6-11-10;3-1(4)2(5)6/h10-11H,1-9H2;(H,3,4)(H,5,6). The number of hydrogen-bond donors (Lipinski definition) is 3. The third-order valence-corrected chi connectivity index (χ3v) is 3.27. The first-order valence-corrected chi connectivity index (χ1v) is 6.51. The van der Waals surface area contributed by atoms with Crippen molar-refractivity contribution in [2.75, 3.05) is 26.2 Å². The summed E-state index contributed by atoms with van der Waals surface area (Å²) in [5.41, 5.74) is 0. The predicted molar refractivity (Wildman–Crippen MR) is 66.6 cm³/mol. The predicted octanol–water partition coefficient (Wildman–Crippen LogP) is 0.380. The molecule has 104 valence electrons. The SMILES string of the molecule is C1CCN(CC2CCCN2)CC1.O=C(O)C(=O)O. The summed E-state index contributed by atoms with van der Waals surface area (Å²) in [6.45, 7) is 5.24. The van der Waals surface area contributed by atoms with Crippen LogP contribution < -0.4 is 5.32 Å². The lowest BCUT2D eigenvalue weighted by Gasteiger charge is -2.28. The summed E-state index contributed by atoms with van der Waals surface area (Å²) in [5, 5.41) is 18.3. The molecule has 0 saturated carbocycles. The number of hydrogen-bond acceptors (Lipinski definition) is 4. The Bertz CT molecular complexity index is 259. The lowest BCUT2D eigenvalue weighted by molar-refractivity contribution is -0.159. The van der Waals surface area contributed by atoms with Crippen LogP contribution in [0.25, 0.3) is 0 Å². The highest BCUT2D eigenvalue weighted by Crippen LogP contribution is 2.12. The van der Waals surface area contributed by atoms with E-state index in [1.165, 1.54) is 58.3 Å². The molecule has 2 aliphatic heterocycles. The van der Waals surface area contributed by atoms with Crippen LogP contribution in [-0.4, -0.2) is 59.3 Å². The van der Waals surface area contributed by atoms with Crippen LogP contribution in [0.3, 0.4) is 0 Å². The number of carboxylic acid groups (broad SMARTS) is 2. The molecule has 0 aromatic carbocycles. The zero-order valence-electron chi connectivity index (χ0n) is 10.6. The van der Waals surface area contributed by atoms with Crippen molar-refractivity contribution in [1.82, 2.24) is 10.2 Å². The van der Waals surface area contributed by atoms with Gasteiger partial charge >= 0.3 is 11.9 Å². The molecular formula is C12H22N2O4. The minimum Gasteiger partial charge on any atom is -0.473 e. The fourth-order valence-corrected chi connectivity index (χ4v) is 2.37. The monoisotopic (exact) mass is 258 g/mol. The van der Waals surface area contributed by atoms with E-state index in [0.29, 0.717) is 0 Å². The Morgan fingerprint density at radius 2 is 1.67 bits per heavy atom. The number of carboxylic acids is 2. The van der Waals surface area contributed by atoms with Gasteiger partial charge in [0.05, 0.1) is 0 Å². The van der Waals surface area contributed by atoms with Crippen LogP contribution in [0.5, 0.6) is 0 Å². The van der Waals surface area contributed by atoms with Gasteiger partial charge in [0.25, 0.3) is 0 Å². The summed E-state index contributed by atoms with van der Waals surface area (Å²) < 4.78 is 0. The number of nitrogens with one attached hydrogen (secondary N) is 1. The second-order valence-electron chi connectivity index (χ2n) is 4.76. The number of rotatable bonds is 2. The van der Waals surface area contributed by atoms with Crippen LogP contribution in [0.2, 0.25) is 0 Å². The van der Waals surface area contributed by atoms with E-state index in [2.05, 4.69) is 10.2 Å². The molecule has 18 heavy (non-hydrogen) atoms. The Hall–Kier alpha value is -1.14. The lowest BCUT2D eigenvalue weighted by atomic mass is 10.1. The van der Waals surface area contributed by atoms with Crippen molar-refractivity contribution in [3.8, 4) is 0 Å². The molecule has 2 rings (SSSR count). The molecule has 0 aromatic heterocycles. The van der Waals surface area contributed by atoms with E-state index in [0.717, 1.165) is 6.04 Å². The lowest BCUT2D eigenvalue weighted by Crippen LogP contribution is -2.40. The van der Waals surface area contributed by atoms with Crippen LogP contribution in [0.1, 0.15) is 32.1 Å². The van der Waals surface area contributed by atoms with E-state index in [1.807, 2.05) is 0 Å². The summed E-state index contributed by atoms with van der Waals surface area (Å²) in [7, 11) is 0. The highest BCUT2D eigenvalue weighted by Gasteiger charge is 2.18. The maximum atomic E-state index is 9.10. The third-order valence-electron chi connectivity index (χ3n) is 3.27. The first kappa shape index (κ1) is 14.9. The quantitative estimate of drug-likeness (QED) is 0.620. The first-order valence-electron chi connectivity index (χ1n) is 6.51. The van der Waals surface area contributed by atoms with Crippen LogP contribution >= 0.6 is 0 Å². The summed E-state index contributed by atoms with van der Waals surface area (Å²) in [6, 6.07) is 0.808. The van der Waals surface area contributed by atoms with Crippen LogP contribution in [0.4, 0.5) is 0 Å². The van der Waals surface area contributed by atoms with Crippen LogP contribution in [0.15, 0.2) is 0 Å².